The van der Waals surface area contributed by atoms with Gasteiger partial charge in [-0.25, -0.2) is 0 Å². The fourth-order valence-corrected chi connectivity index (χ4v) is 1.59. The lowest BCUT2D eigenvalue weighted by Gasteiger charge is -2.02. The van der Waals surface area contributed by atoms with Gasteiger partial charge in [0.2, 0.25) is 0 Å². The maximum Gasteiger partial charge on any atom is 0.269 e. The van der Waals surface area contributed by atoms with Crippen LogP contribution in [0, 0.1) is 10.1 Å². The van der Waals surface area contributed by atoms with Gasteiger partial charge in [-0.2, -0.15) is 0 Å². The van der Waals surface area contributed by atoms with Crippen molar-refractivity contribution in [3.05, 3.63) is 33.9 Å². The molecule has 0 spiro atoms. The number of hydrogen-bond donors (Lipinski definition) is 1. The molecule has 0 aliphatic rings. The number of nitro groups is 1. The molecule has 13 heavy (non-hydrogen) atoms. The molecule has 70 valence electrons. The maximum absolute atomic E-state index is 10.4. The van der Waals surface area contributed by atoms with Crippen molar-refractivity contribution in [2.24, 2.45) is 0 Å². The highest BCUT2D eigenvalue weighted by Gasteiger charge is 2.08. The highest BCUT2D eigenvalue weighted by molar-refractivity contribution is 7.98. The molecule has 1 aromatic carbocycles. The van der Waals surface area contributed by atoms with E-state index in [-0.39, 0.29) is 12.3 Å². The van der Waals surface area contributed by atoms with Crippen molar-refractivity contribution in [3.8, 4) is 0 Å². The first-order chi connectivity index (χ1) is 6.19. The van der Waals surface area contributed by atoms with Crippen LogP contribution in [0.4, 0.5) is 5.69 Å². The number of non-ortho nitro benzene ring substituents is 1. The molecule has 1 N–H and O–H groups in total. The zero-order valence-corrected chi connectivity index (χ0v) is 7.87. The monoisotopic (exact) mass is 199 g/mol. The predicted molar refractivity (Wildman–Crippen MR) is 50.8 cm³/mol. The largest absolute Gasteiger partial charge is 0.392 e. The summed E-state index contributed by atoms with van der Waals surface area (Å²) in [6, 6.07) is 4.48. The van der Waals surface area contributed by atoms with Crippen molar-refractivity contribution in [2.45, 2.75) is 11.5 Å². The molecular formula is C8H9NO3S. The van der Waals surface area contributed by atoms with Gasteiger partial charge in [0.1, 0.15) is 0 Å². The van der Waals surface area contributed by atoms with Crippen LogP contribution in [0.25, 0.3) is 0 Å². The summed E-state index contributed by atoms with van der Waals surface area (Å²) >= 11 is 1.46. The van der Waals surface area contributed by atoms with Gasteiger partial charge in [-0.1, -0.05) is 0 Å². The van der Waals surface area contributed by atoms with Crippen LogP contribution >= 0.6 is 11.8 Å². The highest BCUT2D eigenvalue weighted by atomic mass is 32.2. The Kier molecular flexibility index (Phi) is 3.27. The van der Waals surface area contributed by atoms with E-state index >= 15 is 0 Å². The molecule has 0 aliphatic carbocycles. The topological polar surface area (TPSA) is 63.4 Å². The summed E-state index contributed by atoms with van der Waals surface area (Å²) < 4.78 is 0. The minimum absolute atomic E-state index is 0.0156. The van der Waals surface area contributed by atoms with Crippen molar-refractivity contribution in [2.75, 3.05) is 6.26 Å². The van der Waals surface area contributed by atoms with E-state index in [1.807, 2.05) is 6.26 Å². The van der Waals surface area contributed by atoms with Crippen LogP contribution in [0.2, 0.25) is 0 Å². The van der Waals surface area contributed by atoms with Gasteiger partial charge >= 0.3 is 0 Å². The van der Waals surface area contributed by atoms with E-state index in [9.17, 15) is 10.1 Å². The van der Waals surface area contributed by atoms with Crippen LogP contribution in [-0.2, 0) is 6.61 Å². The number of nitrogens with zero attached hydrogens (tertiary/aromatic N) is 1. The average Bonchev–Trinajstić information content (AvgIpc) is 2.16. The SMILES string of the molecule is CSc1ccc([N+](=O)[O-])cc1CO. The molecule has 0 heterocycles. The molecule has 5 heteroatoms. The molecule has 0 atom stereocenters. The van der Waals surface area contributed by atoms with Gasteiger partial charge in [0, 0.05) is 17.0 Å². The van der Waals surface area contributed by atoms with Gasteiger partial charge in [0.25, 0.3) is 5.69 Å². The second kappa shape index (κ2) is 4.25. The maximum atomic E-state index is 10.4. The van der Waals surface area contributed by atoms with Gasteiger partial charge in [-0.15, -0.1) is 11.8 Å². The van der Waals surface area contributed by atoms with Gasteiger partial charge in [0.15, 0.2) is 0 Å². The lowest BCUT2D eigenvalue weighted by Crippen LogP contribution is -1.92. The predicted octanol–water partition coefficient (Wildman–Crippen LogP) is 1.81. The molecule has 0 fully saturated rings. The summed E-state index contributed by atoms with van der Waals surface area (Å²) in [5, 5.41) is 19.3. The lowest BCUT2D eigenvalue weighted by atomic mass is 10.2. The zero-order chi connectivity index (χ0) is 9.84. The standard InChI is InChI=1S/C8H9NO3S/c1-13-8-3-2-7(9(11)12)4-6(8)5-10/h2-4,10H,5H2,1H3. The molecular weight excluding hydrogens is 190 g/mol. The minimum atomic E-state index is -0.469. The van der Waals surface area contributed by atoms with E-state index in [1.165, 1.54) is 23.9 Å². The molecule has 0 saturated carbocycles. The molecule has 1 aromatic rings. The van der Waals surface area contributed by atoms with E-state index in [2.05, 4.69) is 0 Å². The molecule has 0 aliphatic heterocycles. The number of aliphatic hydroxyl groups excluding tert-OH is 1. The summed E-state index contributed by atoms with van der Waals surface area (Å²) in [4.78, 5) is 10.8. The van der Waals surface area contributed by atoms with Crippen LogP contribution in [0.1, 0.15) is 5.56 Å². The first kappa shape index (κ1) is 10.0. The first-order valence-corrected chi connectivity index (χ1v) is 4.83. The Bertz CT molecular complexity index is 327. The molecule has 0 bridgehead atoms. The summed E-state index contributed by atoms with van der Waals surface area (Å²) in [6.07, 6.45) is 1.86. The Morgan fingerprint density at radius 2 is 2.31 bits per heavy atom. The number of aliphatic hydroxyl groups is 1. The van der Waals surface area contributed by atoms with Crippen molar-refractivity contribution < 1.29 is 10.0 Å². The Morgan fingerprint density at radius 1 is 1.62 bits per heavy atom. The van der Waals surface area contributed by atoms with Crippen LogP contribution in [0.3, 0.4) is 0 Å². The first-order valence-electron chi connectivity index (χ1n) is 3.61. The molecule has 4 nitrogen and oxygen atoms in total. The smallest absolute Gasteiger partial charge is 0.269 e. The number of nitro benzene ring substituents is 1. The van der Waals surface area contributed by atoms with Gasteiger partial charge in [0.05, 0.1) is 11.5 Å². The Hall–Kier alpha value is -1.07. The third kappa shape index (κ3) is 2.19. The highest BCUT2D eigenvalue weighted by Crippen LogP contribution is 2.24. The van der Waals surface area contributed by atoms with E-state index in [0.29, 0.717) is 5.56 Å². The molecule has 0 radical (unpaired) electrons. The molecule has 0 amide bonds. The third-order valence-electron chi connectivity index (χ3n) is 1.65. The Balaban J connectivity index is 3.13. The fraction of sp³-hybridized carbons (Fsp3) is 0.250. The number of hydrogen-bond acceptors (Lipinski definition) is 4. The van der Waals surface area contributed by atoms with Crippen LogP contribution in [0.5, 0.6) is 0 Å². The normalized spacial score (nSPS) is 10.0. The summed E-state index contributed by atoms with van der Waals surface area (Å²) in [7, 11) is 0. The zero-order valence-electron chi connectivity index (χ0n) is 7.06. The minimum Gasteiger partial charge on any atom is -0.392 e. The Labute approximate surface area is 79.7 Å². The second-order valence-corrected chi connectivity index (χ2v) is 3.26. The number of benzene rings is 1. The summed E-state index contributed by atoms with van der Waals surface area (Å²) in [5.74, 6) is 0. The number of thioether (sulfide) groups is 1. The molecule has 0 unspecified atom stereocenters. The quantitative estimate of drug-likeness (QED) is 0.458. The van der Waals surface area contributed by atoms with Crippen LogP contribution < -0.4 is 0 Å². The van der Waals surface area contributed by atoms with Crippen LogP contribution in [-0.4, -0.2) is 16.3 Å². The van der Waals surface area contributed by atoms with Gasteiger partial charge in [-0.3, -0.25) is 10.1 Å². The fourth-order valence-electron chi connectivity index (χ4n) is 1.00. The summed E-state index contributed by atoms with van der Waals surface area (Å²) in [6.45, 7) is -0.169. The van der Waals surface area contributed by atoms with Crippen molar-refractivity contribution >= 4 is 17.4 Å². The van der Waals surface area contributed by atoms with Gasteiger partial charge in [-0.05, 0) is 17.9 Å². The Morgan fingerprint density at radius 3 is 2.77 bits per heavy atom. The van der Waals surface area contributed by atoms with Crippen molar-refractivity contribution in [3.63, 3.8) is 0 Å². The van der Waals surface area contributed by atoms with E-state index < -0.39 is 4.92 Å². The van der Waals surface area contributed by atoms with Crippen molar-refractivity contribution in [1.82, 2.24) is 0 Å². The molecule has 0 aromatic heterocycles. The van der Waals surface area contributed by atoms with Crippen molar-refractivity contribution in [1.29, 1.82) is 0 Å². The average molecular weight is 199 g/mol. The molecule has 0 saturated heterocycles. The lowest BCUT2D eigenvalue weighted by molar-refractivity contribution is -0.385. The van der Waals surface area contributed by atoms with Crippen LogP contribution in [0.15, 0.2) is 23.1 Å². The molecule has 1 rings (SSSR count). The number of rotatable bonds is 3. The van der Waals surface area contributed by atoms with E-state index in [1.54, 1.807) is 6.07 Å². The van der Waals surface area contributed by atoms with E-state index in [4.69, 9.17) is 5.11 Å². The third-order valence-corrected chi connectivity index (χ3v) is 2.48. The summed E-state index contributed by atoms with van der Waals surface area (Å²) in [5.41, 5.74) is 0.614. The van der Waals surface area contributed by atoms with Gasteiger partial charge < -0.3 is 5.11 Å². The second-order valence-electron chi connectivity index (χ2n) is 2.41. The van der Waals surface area contributed by atoms with E-state index in [0.717, 1.165) is 4.90 Å².